The van der Waals surface area contributed by atoms with Gasteiger partial charge in [0.25, 0.3) is 0 Å². The molecular formula is C18H28FN3O7. The number of nitrogens with zero attached hydrogens (tertiary/aromatic N) is 3. The van der Waals surface area contributed by atoms with Gasteiger partial charge in [-0.3, -0.25) is 9.13 Å². The van der Waals surface area contributed by atoms with E-state index < -0.39 is 47.6 Å². The molecular weight excluding hydrogens is 389 g/mol. The number of hydrogen-bond donors (Lipinski definition) is 2. The number of rotatable bonds is 8. The van der Waals surface area contributed by atoms with Crippen LogP contribution in [0.1, 0.15) is 46.3 Å². The van der Waals surface area contributed by atoms with Gasteiger partial charge in [-0.1, -0.05) is 19.8 Å². The maximum Gasteiger partial charge on any atom is 0.435 e. The molecule has 0 spiro atoms. The molecule has 164 valence electrons. The fraction of sp³-hybridized carbons (Fsp3) is 0.722. The van der Waals surface area contributed by atoms with E-state index in [2.05, 4.69) is 4.99 Å². The zero-order valence-electron chi connectivity index (χ0n) is 16.8. The lowest BCUT2D eigenvalue weighted by atomic mass is 10.1. The number of hydrogen-bond acceptors (Lipinski definition) is 7. The number of carbonyl (C=O) groups excluding carboxylic acids is 1. The number of amides is 1. The third kappa shape index (κ3) is 5.50. The standard InChI is InChI=1S/C18H28FN3O7/c1-4-6-7-8-28-17(25)20-15-12(19)9-21(18(26)22(15)10-27-5-2)16-14(24)13(23)11(3)29-16/h9,11,13-14,16,23-24H,4-8,10H2,1-3H3/b20-15-/t11-,13-,14-,16-/m1/s1. The molecule has 0 aliphatic carbocycles. The molecule has 11 heteroatoms. The first-order chi connectivity index (χ1) is 13.8. The molecule has 4 atom stereocenters. The van der Waals surface area contributed by atoms with Crippen LogP contribution in [0.25, 0.3) is 0 Å². The van der Waals surface area contributed by atoms with Crippen molar-refractivity contribution in [1.82, 2.24) is 9.13 Å². The summed E-state index contributed by atoms with van der Waals surface area (Å²) in [5, 5.41) is 20.0. The van der Waals surface area contributed by atoms with Crippen LogP contribution in [0.15, 0.2) is 16.0 Å². The average molecular weight is 417 g/mol. The summed E-state index contributed by atoms with van der Waals surface area (Å²) in [7, 11) is 0. The Morgan fingerprint density at radius 2 is 2.03 bits per heavy atom. The van der Waals surface area contributed by atoms with Crippen molar-refractivity contribution in [3.8, 4) is 0 Å². The highest BCUT2D eigenvalue weighted by Gasteiger charge is 2.42. The lowest BCUT2D eigenvalue weighted by molar-refractivity contribution is -0.0380. The van der Waals surface area contributed by atoms with Crippen molar-refractivity contribution in [3.05, 3.63) is 28.0 Å². The summed E-state index contributed by atoms with van der Waals surface area (Å²) < 4.78 is 31.9. The van der Waals surface area contributed by atoms with Gasteiger partial charge in [0, 0.05) is 6.61 Å². The van der Waals surface area contributed by atoms with Crippen LogP contribution in [0, 0.1) is 5.82 Å². The van der Waals surface area contributed by atoms with E-state index in [4.69, 9.17) is 14.2 Å². The molecule has 2 rings (SSSR count). The number of carbonyl (C=O) groups is 1. The molecule has 2 N–H and O–H groups in total. The lowest BCUT2D eigenvalue weighted by Gasteiger charge is -2.19. The van der Waals surface area contributed by atoms with Gasteiger partial charge in [0.05, 0.1) is 18.9 Å². The van der Waals surface area contributed by atoms with Gasteiger partial charge in [-0.05, 0) is 20.3 Å². The second-order valence-corrected chi connectivity index (χ2v) is 6.69. The number of aliphatic hydroxyl groups is 2. The topological polar surface area (TPSA) is 125 Å². The molecule has 2 heterocycles. The summed E-state index contributed by atoms with van der Waals surface area (Å²) in [6.45, 7) is 5.18. The van der Waals surface area contributed by atoms with E-state index in [-0.39, 0.29) is 19.9 Å². The van der Waals surface area contributed by atoms with E-state index in [9.17, 15) is 24.2 Å². The zero-order chi connectivity index (χ0) is 21.6. The van der Waals surface area contributed by atoms with Crippen molar-refractivity contribution in [1.29, 1.82) is 0 Å². The molecule has 1 amide bonds. The van der Waals surface area contributed by atoms with E-state index in [0.29, 0.717) is 6.42 Å². The Bertz CT molecular complexity index is 823. The third-order valence-corrected chi connectivity index (χ3v) is 4.52. The van der Waals surface area contributed by atoms with Crippen LogP contribution < -0.4 is 11.2 Å². The smallest absolute Gasteiger partial charge is 0.435 e. The lowest BCUT2D eigenvalue weighted by Crippen LogP contribution is -2.46. The highest BCUT2D eigenvalue weighted by molar-refractivity contribution is 5.68. The van der Waals surface area contributed by atoms with Crippen LogP contribution in [-0.4, -0.2) is 57.0 Å². The number of aromatic nitrogens is 2. The van der Waals surface area contributed by atoms with Gasteiger partial charge < -0.3 is 24.4 Å². The fourth-order valence-corrected chi connectivity index (χ4v) is 2.88. The van der Waals surface area contributed by atoms with Crippen molar-refractivity contribution >= 4 is 6.09 Å². The van der Waals surface area contributed by atoms with Gasteiger partial charge in [-0.25, -0.2) is 14.0 Å². The Labute approximate surface area is 167 Å². The van der Waals surface area contributed by atoms with Gasteiger partial charge in [0.2, 0.25) is 0 Å². The number of aliphatic hydroxyl groups excluding tert-OH is 2. The molecule has 0 saturated carbocycles. The molecule has 0 aromatic carbocycles. The maximum absolute atomic E-state index is 14.8. The Balaban J connectivity index is 2.42. The molecule has 0 bridgehead atoms. The average Bonchev–Trinajstić information content (AvgIpc) is 2.94. The monoisotopic (exact) mass is 417 g/mol. The van der Waals surface area contributed by atoms with Gasteiger partial charge in [-0.2, -0.15) is 4.99 Å². The first kappa shape index (κ1) is 23.2. The Morgan fingerprint density at radius 1 is 1.31 bits per heavy atom. The van der Waals surface area contributed by atoms with Crippen molar-refractivity contribution in [2.24, 2.45) is 4.99 Å². The first-order valence-corrected chi connectivity index (χ1v) is 9.64. The van der Waals surface area contributed by atoms with E-state index in [0.717, 1.165) is 28.2 Å². The van der Waals surface area contributed by atoms with E-state index in [1.54, 1.807) is 6.92 Å². The normalized spacial score (nSPS) is 24.8. The minimum atomic E-state index is -1.44. The largest absolute Gasteiger partial charge is 0.448 e. The van der Waals surface area contributed by atoms with Gasteiger partial charge >= 0.3 is 11.8 Å². The molecule has 0 unspecified atom stereocenters. The Kier molecular flexibility index (Phi) is 8.50. The predicted octanol–water partition coefficient (Wildman–Crippen LogP) is 0.649. The fourth-order valence-electron chi connectivity index (χ4n) is 2.88. The number of halogens is 1. The van der Waals surface area contributed by atoms with Crippen molar-refractivity contribution in [3.63, 3.8) is 0 Å². The highest BCUT2D eigenvalue weighted by Crippen LogP contribution is 2.27. The minimum absolute atomic E-state index is 0.137. The van der Waals surface area contributed by atoms with Crippen LogP contribution in [0.2, 0.25) is 0 Å². The zero-order valence-corrected chi connectivity index (χ0v) is 16.8. The van der Waals surface area contributed by atoms with E-state index in [1.165, 1.54) is 6.92 Å². The second-order valence-electron chi connectivity index (χ2n) is 6.69. The molecule has 0 radical (unpaired) electrons. The molecule has 1 fully saturated rings. The van der Waals surface area contributed by atoms with Crippen LogP contribution in [0.3, 0.4) is 0 Å². The minimum Gasteiger partial charge on any atom is -0.448 e. The van der Waals surface area contributed by atoms with Crippen molar-refractivity contribution < 1.29 is 33.6 Å². The summed E-state index contributed by atoms with van der Waals surface area (Å²) in [6.07, 6.45) is -2.52. The van der Waals surface area contributed by atoms with Crippen LogP contribution >= 0.6 is 0 Å². The SMILES string of the molecule is CCCCCOC(=O)/N=c1/c(F)cn([C@@H]2O[C@H](C)[C@@H](O)[C@H]2O)c(=O)n1COCC. The predicted molar refractivity (Wildman–Crippen MR) is 98.3 cm³/mol. The van der Waals surface area contributed by atoms with Gasteiger partial charge in [-0.15, -0.1) is 0 Å². The molecule has 1 aromatic heterocycles. The molecule has 1 saturated heterocycles. The molecule has 10 nitrogen and oxygen atoms in total. The van der Waals surface area contributed by atoms with Crippen LogP contribution in [0.5, 0.6) is 0 Å². The summed E-state index contributed by atoms with van der Waals surface area (Å²) in [4.78, 5) is 28.4. The maximum atomic E-state index is 14.8. The first-order valence-electron chi connectivity index (χ1n) is 9.64. The third-order valence-electron chi connectivity index (χ3n) is 4.52. The summed E-state index contributed by atoms with van der Waals surface area (Å²) in [5.41, 5.74) is -1.39. The van der Waals surface area contributed by atoms with E-state index in [1.807, 2.05) is 6.92 Å². The molecule has 1 aromatic rings. The van der Waals surface area contributed by atoms with Gasteiger partial charge in [0.15, 0.2) is 17.5 Å². The summed E-state index contributed by atoms with van der Waals surface area (Å²) in [5.74, 6) is -1.01. The van der Waals surface area contributed by atoms with Crippen molar-refractivity contribution in [2.45, 2.75) is 71.3 Å². The van der Waals surface area contributed by atoms with E-state index >= 15 is 0 Å². The highest BCUT2D eigenvalue weighted by atomic mass is 19.1. The van der Waals surface area contributed by atoms with Crippen molar-refractivity contribution in [2.75, 3.05) is 13.2 Å². The Hall–Kier alpha value is -2.08. The molecule has 1 aliphatic heterocycles. The van der Waals surface area contributed by atoms with Crippen LogP contribution in [0.4, 0.5) is 9.18 Å². The molecule has 1 aliphatic rings. The second kappa shape index (κ2) is 10.6. The number of unbranched alkanes of at least 4 members (excludes halogenated alkanes) is 2. The summed E-state index contributed by atoms with van der Waals surface area (Å²) in [6, 6.07) is 0. The number of ether oxygens (including phenoxy) is 3. The summed E-state index contributed by atoms with van der Waals surface area (Å²) >= 11 is 0. The quantitative estimate of drug-likeness (QED) is 0.595. The van der Waals surface area contributed by atoms with Gasteiger partial charge in [0.1, 0.15) is 18.9 Å². The Morgan fingerprint density at radius 3 is 2.62 bits per heavy atom. The van der Waals surface area contributed by atoms with Crippen LogP contribution in [-0.2, 0) is 20.9 Å². The molecule has 29 heavy (non-hydrogen) atoms.